The van der Waals surface area contributed by atoms with Gasteiger partial charge in [0.1, 0.15) is 16.9 Å². The first-order chi connectivity index (χ1) is 11.8. The number of nitrogens with zero attached hydrogens (tertiary/aromatic N) is 1. The van der Waals surface area contributed by atoms with Gasteiger partial charge in [-0.3, -0.25) is 14.4 Å². The standard InChI is InChI=1S/C18H17FN2O4/c1-11-9-18(11,17(24)25)16(23)20-14-3-2-8-21(15(14)22)10-12-4-6-13(19)7-5-12/h2-8,11H,9-10H2,1H3,(H,20,23)(H,24,25)/t11-,18+/m1/s1. The molecule has 0 bridgehead atoms. The Morgan fingerprint density at radius 3 is 2.52 bits per heavy atom. The largest absolute Gasteiger partial charge is 0.480 e. The maximum absolute atomic E-state index is 13.0. The second-order valence-electron chi connectivity index (χ2n) is 6.32. The van der Waals surface area contributed by atoms with Crippen molar-refractivity contribution in [2.24, 2.45) is 11.3 Å². The molecule has 1 heterocycles. The first-order valence-corrected chi connectivity index (χ1v) is 7.83. The van der Waals surface area contributed by atoms with E-state index < -0.39 is 22.9 Å². The molecule has 0 unspecified atom stereocenters. The van der Waals surface area contributed by atoms with Crippen LogP contribution in [0.3, 0.4) is 0 Å². The molecule has 1 aliphatic rings. The van der Waals surface area contributed by atoms with Crippen molar-refractivity contribution in [3.63, 3.8) is 0 Å². The van der Waals surface area contributed by atoms with Crippen LogP contribution >= 0.6 is 0 Å². The lowest BCUT2D eigenvalue weighted by atomic mass is 10.0. The van der Waals surface area contributed by atoms with E-state index in [9.17, 15) is 23.9 Å². The van der Waals surface area contributed by atoms with Gasteiger partial charge in [0.2, 0.25) is 5.91 Å². The normalized spacial score (nSPS) is 21.6. The predicted octanol–water partition coefficient (Wildman–Crippen LogP) is 2.08. The first kappa shape index (κ1) is 16.9. The van der Waals surface area contributed by atoms with Gasteiger partial charge in [-0.25, -0.2) is 4.39 Å². The average molecular weight is 344 g/mol. The smallest absolute Gasteiger partial charge is 0.319 e. The molecule has 0 spiro atoms. The van der Waals surface area contributed by atoms with Crippen molar-refractivity contribution in [1.29, 1.82) is 0 Å². The summed E-state index contributed by atoms with van der Waals surface area (Å²) in [5.74, 6) is -2.49. The van der Waals surface area contributed by atoms with Crippen molar-refractivity contribution in [3.8, 4) is 0 Å². The van der Waals surface area contributed by atoms with Crippen LogP contribution < -0.4 is 10.9 Å². The summed E-state index contributed by atoms with van der Waals surface area (Å²) < 4.78 is 14.3. The van der Waals surface area contributed by atoms with Gasteiger partial charge in [0.15, 0.2) is 0 Å². The van der Waals surface area contributed by atoms with Crippen molar-refractivity contribution >= 4 is 17.6 Å². The predicted molar refractivity (Wildman–Crippen MR) is 88.7 cm³/mol. The van der Waals surface area contributed by atoms with Gasteiger partial charge in [-0.15, -0.1) is 0 Å². The third-order valence-corrected chi connectivity index (χ3v) is 4.63. The van der Waals surface area contributed by atoms with E-state index in [2.05, 4.69) is 5.32 Å². The Morgan fingerprint density at radius 2 is 1.96 bits per heavy atom. The van der Waals surface area contributed by atoms with Crippen LogP contribution in [0.1, 0.15) is 18.9 Å². The number of rotatable bonds is 5. The molecule has 1 saturated carbocycles. The molecule has 2 atom stereocenters. The number of pyridine rings is 1. The monoisotopic (exact) mass is 344 g/mol. The van der Waals surface area contributed by atoms with E-state index in [0.29, 0.717) is 0 Å². The quantitative estimate of drug-likeness (QED) is 0.813. The first-order valence-electron chi connectivity index (χ1n) is 7.83. The number of amides is 1. The number of hydrogen-bond donors (Lipinski definition) is 2. The summed E-state index contributed by atoms with van der Waals surface area (Å²) in [5, 5.41) is 11.7. The topological polar surface area (TPSA) is 88.4 Å². The minimum Gasteiger partial charge on any atom is -0.480 e. The third kappa shape index (κ3) is 3.05. The summed E-state index contributed by atoms with van der Waals surface area (Å²) in [4.78, 5) is 36.2. The number of aromatic nitrogens is 1. The summed E-state index contributed by atoms with van der Waals surface area (Å²) in [7, 11) is 0. The number of nitrogens with one attached hydrogen (secondary N) is 1. The van der Waals surface area contributed by atoms with E-state index >= 15 is 0 Å². The van der Waals surface area contributed by atoms with Gasteiger partial charge < -0.3 is 15.0 Å². The van der Waals surface area contributed by atoms with Crippen LogP contribution in [0.2, 0.25) is 0 Å². The number of carbonyl (C=O) groups is 2. The summed E-state index contributed by atoms with van der Waals surface area (Å²) in [6.07, 6.45) is 1.80. The fraction of sp³-hybridized carbons (Fsp3) is 0.278. The molecule has 1 fully saturated rings. The van der Waals surface area contributed by atoms with E-state index in [1.54, 1.807) is 31.3 Å². The molecule has 0 radical (unpaired) electrons. The lowest BCUT2D eigenvalue weighted by molar-refractivity contribution is -0.148. The van der Waals surface area contributed by atoms with Gasteiger partial charge in [0.25, 0.3) is 5.56 Å². The molecule has 7 heteroatoms. The highest BCUT2D eigenvalue weighted by molar-refractivity contribution is 6.11. The zero-order valence-corrected chi connectivity index (χ0v) is 13.5. The Morgan fingerprint density at radius 1 is 1.32 bits per heavy atom. The number of hydrogen-bond acceptors (Lipinski definition) is 3. The number of carboxylic acid groups (broad SMARTS) is 1. The lowest BCUT2D eigenvalue weighted by Gasteiger charge is -2.13. The average Bonchev–Trinajstić information content (AvgIpc) is 3.26. The molecule has 3 rings (SSSR count). The van der Waals surface area contributed by atoms with E-state index in [-0.39, 0.29) is 30.4 Å². The van der Waals surface area contributed by atoms with Gasteiger partial charge in [-0.05, 0) is 42.2 Å². The van der Waals surface area contributed by atoms with Gasteiger partial charge in [-0.1, -0.05) is 19.1 Å². The number of aliphatic carboxylic acids is 1. The molecule has 6 nitrogen and oxygen atoms in total. The number of halogens is 1. The highest BCUT2D eigenvalue weighted by atomic mass is 19.1. The molecule has 0 aliphatic heterocycles. The molecule has 1 aliphatic carbocycles. The van der Waals surface area contributed by atoms with Gasteiger partial charge in [0, 0.05) is 6.20 Å². The second-order valence-corrected chi connectivity index (χ2v) is 6.32. The van der Waals surface area contributed by atoms with Crippen LogP contribution in [-0.2, 0) is 16.1 Å². The van der Waals surface area contributed by atoms with Crippen LogP contribution in [0.25, 0.3) is 0 Å². The second kappa shape index (κ2) is 6.16. The molecule has 2 N–H and O–H groups in total. The third-order valence-electron chi connectivity index (χ3n) is 4.63. The van der Waals surface area contributed by atoms with Crippen LogP contribution in [0.15, 0.2) is 47.4 Å². The number of carboxylic acids is 1. The Bertz CT molecular complexity index is 891. The summed E-state index contributed by atoms with van der Waals surface area (Å²) in [5.41, 5.74) is -1.16. The van der Waals surface area contributed by atoms with Gasteiger partial charge in [-0.2, -0.15) is 0 Å². The molecular weight excluding hydrogens is 327 g/mol. The highest BCUT2D eigenvalue weighted by Gasteiger charge is 2.63. The Hall–Kier alpha value is -2.96. The van der Waals surface area contributed by atoms with E-state index in [1.807, 2.05) is 0 Å². The number of carbonyl (C=O) groups excluding carboxylic acids is 1. The fourth-order valence-electron chi connectivity index (χ4n) is 2.91. The molecule has 2 aromatic rings. The maximum Gasteiger partial charge on any atom is 0.319 e. The van der Waals surface area contributed by atoms with Crippen molar-refractivity contribution in [2.45, 2.75) is 19.9 Å². The zero-order chi connectivity index (χ0) is 18.2. The van der Waals surface area contributed by atoms with Crippen molar-refractivity contribution < 1.29 is 19.1 Å². The summed E-state index contributed by atoms with van der Waals surface area (Å²) in [6, 6.07) is 8.76. The fourth-order valence-corrected chi connectivity index (χ4v) is 2.91. The van der Waals surface area contributed by atoms with Crippen LogP contribution in [0, 0.1) is 17.2 Å². The Labute approximate surface area is 142 Å². The Balaban J connectivity index is 1.82. The van der Waals surface area contributed by atoms with Crippen LogP contribution in [0.4, 0.5) is 10.1 Å². The number of anilines is 1. The molecule has 1 amide bonds. The molecule has 1 aromatic heterocycles. The molecule has 130 valence electrons. The van der Waals surface area contributed by atoms with E-state index in [4.69, 9.17) is 0 Å². The summed E-state index contributed by atoms with van der Waals surface area (Å²) >= 11 is 0. The van der Waals surface area contributed by atoms with Crippen LogP contribution in [0.5, 0.6) is 0 Å². The van der Waals surface area contributed by atoms with Crippen molar-refractivity contribution in [2.75, 3.05) is 5.32 Å². The van der Waals surface area contributed by atoms with Crippen LogP contribution in [-0.4, -0.2) is 21.6 Å². The van der Waals surface area contributed by atoms with E-state index in [1.165, 1.54) is 22.8 Å². The zero-order valence-electron chi connectivity index (χ0n) is 13.5. The van der Waals surface area contributed by atoms with Crippen molar-refractivity contribution in [1.82, 2.24) is 4.57 Å². The number of benzene rings is 1. The Kier molecular flexibility index (Phi) is 4.16. The minimum absolute atomic E-state index is 0.0225. The minimum atomic E-state index is -1.45. The van der Waals surface area contributed by atoms with Gasteiger partial charge >= 0.3 is 5.97 Å². The highest BCUT2D eigenvalue weighted by Crippen LogP contribution is 2.53. The molecule has 0 saturated heterocycles. The maximum atomic E-state index is 13.0. The summed E-state index contributed by atoms with van der Waals surface area (Å²) in [6.45, 7) is 1.90. The van der Waals surface area contributed by atoms with Crippen molar-refractivity contribution in [3.05, 3.63) is 64.3 Å². The lowest BCUT2D eigenvalue weighted by Crippen LogP contribution is -2.35. The van der Waals surface area contributed by atoms with E-state index in [0.717, 1.165) is 5.56 Å². The molecule has 1 aromatic carbocycles. The molecular formula is C18H17FN2O4. The SMILES string of the molecule is C[C@@H]1C[C@@]1(C(=O)O)C(=O)Nc1cccn(Cc2ccc(F)cc2)c1=O. The molecule has 25 heavy (non-hydrogen) atoms. The van der Waals surface area contributed by atoms with Gasteiger partial charge in [0.05, 0.1) is 6.54 Å².